The molecule has 2 aromatic rings. The fourth-order valence-electron chi connectivity index (χ4n) is 3.75. The van der Waals surface area contributed by atoms with Crippen LogP contribution < -0.4 is 19.1 Å². The summed E-state index contributed by atoms with van der Waals surface area (Å²) in [7, 11) is 4.92. The molecular weight excluding hydrogens is 294 g/mol. The zero-order valence-electron chi connectivity index (χ0n) is 13.7. The molecule has 0 spiro atoms. The monoisotopic (exact) mass is 315 g/mol. The van der Waals surface area contributed by atoms with E-state index in [9.17, 15) is 0 Å². The van der Waals surface area contributed by atoms with Crippen molar-refractivity contribution in [3.63, 3.8) is 0 Å². The average molecular weight is 315 g/mol. The van der Waals surface area contributed by atoms with E-state index in [2.05, 4.69) is 15.1 Å². The number of hydrogen-bond donors (Lipinski definition) is 1. The van der Waals surface area contributed by atoms with Crippen LogP contribution in [0.3, 0.4) is 0 Å². The lowest BCUT2D eigenvalue weighted by molar-refractivity contribution is 0.349. The predicted molar refractivity (Wildman–Crippen MR) is 87.9 cm³/mol. The lowest BCUT2D eigenvalue weighted by Crippen LogP contribution is -2.38. The van der Waals surface area contributed by atoms with Crippen molar-refractivity contribution >= 4 is 5.69 Å². The van der Waals surface area contributed by atoms with E-state index in [1.54, 1.807) is 21.3 Å². The van der Waals surface area contributed by atoms with Crippen LogP contribution in [0.15, 0.2) is 12.1 Å². The quantitative estimate of drug-likeness (QED) is 0.940. The minimum absolute atomic E-state index is 0.599. The molecule has 0 amide bonds. The van der Waals surface area contributed by atoms with E-state index in [4.69, 9.17) is 14.2 Å². The number of rotatable bonds is 4. The molecule has 1 saturated heterocycles. The maximum atomic E-state index is 5.57. The van der Waals surface area contributed by atoms with Gasteiger partial charge < -0.3 is 19.1 Å². The van der Waals surface area contributed by atoms with Crippen LogP contribution in [-0.4, -0.2) is 44.6 Å². The van der Waals surface area contributed by atoms with Crippen LogP contribution in [0.5, 0.6) is 17.2 Å². The fraction of sp³-hybridized carbons (Fsp3) is 0.471. The molecule has 3 aliphatic rings. The van der Waals surface area contributed by atoms with Crippen molar-refractivity contribution in [3.05, 3.63) is 17.8 Å². The summed E-state index contributed by atoms with van der Waals surface area (Å²) in [5.74, 6) is 2.66. The molecule has 1 aromatic carbocycles. The van der Waals surface area contributed by atoms with E-state index in [1.165, 1.54) is 24.2 Å². The molecule has 5 rings (SSSR count). The van der Waals surface area contributed by atoms with Crippen molar-refractivity contribution in [2.75, 3.05) is 39.3 Å². The Morgan fingerprint density at radius 1 is 1.00 bits per heavy atom. The van der Waals surface area contributed by atoms with Crippen LogP contribution in [0.1, 0.15) is 24.5 Å². The highest BCUT2D eigenvalue weighted by molar-refractivity contribution is 5.84. The first-order valence-corrected chi connectivity index (χ1v) is 7.90. The number of anilines is 1. The summed E-state index contributed by atoms with van der Waals surface area (Å²) >= 11 is 0. The normalized spacial score (nSPS) is 16.4. The van der Waals surface area contributed by atoms with Crippen molar-refractivity contribution in [2.24, 2.45) is 0 Å². The second-order valence-electron chi connectivity index (χ2n) is 6.00. The third-order valence-corrected chi connectivity index (χ3v) is 4.95. The Hall–Kier alpha value is -2.37. The van der Waals surface area contributed by atoms with Crippen molar-refractivity contribution in [2.45, 2.75) is 18.8 Å². The van der Waals surface area contributed by atoms with Crippen molar-refractivity contribution in [1.82, 2.24) is 10.2 Å². The molecule has 2 bridgehead atoms. The maximum absolute atomic E-state index is 5.57. The van der Waals surface area contributed by atoms with Gasteiger partial charge in [-0.05, 0) is 18.9 Å². The first-order valence-electron chi connectivity index (χ1n) is 7.90. The van der Waals surface area contributed by atoms with E-state index >= 15 is 0 Å². The van der Waals surface area contributed by atoms with Gasteiger partial charge in [0.2, 0.25) is 0 Å². The number of nitrogens with one attached hydrogen (secondary N) is 1. The van der Waals surface area contributed by atoms with E-state index in [0.717, 1.165) is 30.1 Å². The predicted octanol–water partition coefficient (Wildman–Crippen LogP) is 2.80. The number of ether oxygens (including phenoxy) is 3. The molecule has 0 radical (unpaired) electrons. The molecule has 1 fully saturated rings. The van der Waals surface area contributed by atoms with Gasteiger partial charge in [0.15, 0.2) is 11.5 Å². The minimum Gasteiger partial charge on any atom is -0.496 e. The molecule has 0 atom stereocenters. The topological polar surface area (TPSA) is 59.6 Å². The Kier molecular flexibility index (Phi) is 3.32. The maximum Gasteiger partial charge on any atom is 0.164 e. The molecule has 3 aliphatic heterocycles. The molecule has 0 unspecified atom stereocenters. The molecule has 1 N–H and O–H groups in total. The van der Waals surface area contributed by atoms with Gasteiger partial charge in [-0.1, -0.05) is 0 Å². The molecular formula is C17H21N3O3. The number of aromatic nitrogens is 2. The Morgan fingerprint density at radius 2 is 1.65 bits per heavy atom. The van der Waals surface area contributed by atoms with Crippen molar-refractivity contribution in [1.29, 1.82) is 0 Å². The van der Waals surface area contributed by atoms with Gasteiger partial charge in [0.1, 0.15) is 11.4 Å². The van der Waals surface area contributed by atoms with Gasteiger partial charge in [-0.3, -0.25) is 5.10 Å². The highest BCUT2D eigenvalue weighted by atomic mass is 16.5. The van der Waals surface area contributed by atoms with Gasteiger partial charge in [0.05, 0.1) is 38.3 Å². The molecule has 6 heteroatoms. The highest BCUT2D eigenvalue weighted by Gasteiger charge is 2.36. The van der Waals surface area contributed by atoms with E-state index < -0.39 is 0 Å². The molecule has 6 nitrogen and oxygen atoms in total. The zero-order chi connectivity index (χ0) is 16.0. The number of aromatic amines is 1. The van der Waals surface area contributed by atoms with Gasteiger partial charge in [0.25, 0.3) is 0 Å². The van der Waals surface area contributed by atoms with Crippen LogP contribution in [-0.2, 0) is 0 Å². The third kappa shape index (κ3) is 2.04. The van der Waals surface area contributed by atoms with Crippen molar-refractivity contribution in [3.8, 4) is 28.5 Å². The van der Waals surface area contributed by atoms with Gasteiger partial charge in [-0.2, -0.15) is 5.10 Å². The van der Waals surface area contributed by atoms with Gasteiger partial charge in [-0.25, -0.2) is 0 Å². The van der Waals surface area contributed by atoms with E-state index in [-0.39, 0.29) is 0 Å². The summed E-state index contributed by atoms with van der Waals surface area (Å²) < 4.78 is 16.4. The SMILES string of the molecule is COc1cc(OC)c(-c2n[nH]c3c2N2CCC3CC2)cc1OC. The van der Waals surface area contributed by atoms with Crippen molar-refractivity contribution < 1.29 is 14.2 Å². The van der Waals surface area contributed by atoms with Crippen LogP contribution in [0.4, 0.5) is 5.69 Å². The summed E-state index contributed by atoms with van der Waals surface area (Å²) in [5, 5.41) is 7.86. The van der Waals surface area contributed by atoms with E-state index in [1.807, 2.05) is 12.1 Å². The molecule has 0 aliphatic carbocycles. The first kappa shape index (κ1) is 14.2. The van der Waals surface area contributed by atoms with E-state index in [0.29, 0.717) is 17.4 Å². The summed E-state index contributed by atoms with van der Waals surface area (Å²) in [4.78, 5) is 2.42. The lowest BCUT2D eigenvalue weighted by atomic mass is 9.86. The molecule has 4 heterocycles. The second-order valence-corrected chi connectivity index (χ2v) is 6.00. The lowest BCUT2D eigenvalue weighted by Gasteiger charge is -2.40. The molecule has 122 valence electrons. The van der Waals surface area contributed by atoms with Gasteiger partial charge in [0, 0.05) is 25.1 Å². The molecule has 0 saturated carbocycles. The van der Waals surface area contributed by atoms with Gasteiger partial charge in [-0.15, -0.1) is 0 Å². The summed E-state index contributed by atoms with van der Waals surface area (Å²) in [5.41, 5.74) is 4.34. The number of piperidine rings is 1. The van der Waals surface area contributed by atoms with Crippen LogP contribution in [0.2, 0.25) is 0 Å². The number of methoxy groups -OCH3 is 3. The number of nitrogens with zero attached hydrogens (tertiary/aromatic N) is 2. The van der Waals surface area contributed by atoms with Gasteiger partial charge >= 0.3 is 0 Å². The largest absolute Gasteiger partial charge is 0.496 e. The number of fused-ring (bicyclic) bond motifs is 2. The molecule has 1 aromatic heterocycles. The number of hydrogen-bond acceptors (Lipinski definition) is 5. The second kappa shape index (κ2) is 5.37. The summed E-state index contributed by atoms with van der Waals surface area (Å²) in [6, 6.07) is 3.79. The fourth-order valence-corrected chi connectivity index (χ4v) is 3.75. The Labute approximate surface area is 135 Å². The number of H-pyrrole nitrogens is 1. The zero-order valence-corrected chi connectivity index (χ0v) is 13.7. The average Bonchev–Trinajstić information content (AvgIpc) is 3.08. The van der Waals surface area contributed by atoms with Crippen LogP contribution in [0.25, 0.3) is 11.3 Å². The number of benzene rings is 1. The Morgan fingerprint density at radius 3 is 2.30 bits per heavy atom. The van der Waals surface area contributed by atoms with Crippen LogP contribution in [0, 0.1) is 0 Å². The first-order chi connectivity index (χ1) is 11.3. The van der Waals surface area contributed by atoms with Crippen LogP contribution >= 0.6 is 0 Å². The third-order valence-electron chi connectivity index (χ3n) is 4.95. The Balaban J connectivity index is 1.89. The standard InChI is InChI=1S/C17H21N3O3/c1-21-12-9-14(23-3)13(22-2)8-11(12)16-17-15(18-19-16)10-4-6-20(17)7-5-10/h8-10H,4-7H2,1-3H3,(H,18,19). The smallest absolute Gasteiger partial charge is 0.164 e. The highest BCUT2D eigenvalue weighted by Crippen LogP contribution is 2.49. The molecule has 23 heavy (non-hydrogen) atoms. The summed E-state index contributed by atoms with van der Waals surface area (Å²) in [6.07, 6.45) is 2.41. The minimum atomic E-state index is 0.599. The Bertz CT molecular complexity index is 733. The summed E-state index contributed by atoms with van der Waals surface area (Å²) in [6.45, 7) is 2.19.